The monoisotopic (exact) mass is 1030 g/mol. The summed E-state index contributed by atoms with van der Waals surface area (Å²) in [4.78, 5) is 9.49. The molecule has 0 saturated heterocycles. The highest BCUT2D eigenvalue weighted by Gasteiger charge is 2.34. The molecule has 0 N–H and O–H groups in total. The average molecular weight is 1030 g/mol. The maximum Gasteiger partial charge on any atom is 0.248 e. The van der Waals surface area contributed by atoms with Crippen molar-refractivity contribution in [2.24, 2.45) is 0 Å². The number of hydrogen-bond acceptors (Lipinski definition) is 9. The summed E-state index contributed by atoms with van der Waals surface area (Å²) in [5.74, 6) is 2.50. The Kier molecular flexibility index (Phi) is 11.3. The van der Waals surface area contributed by atoms with E-state index in [0.717, 1.165) is 119 Å². The molecular formula is C70H47N9O. The van der Waals surface area contributed by atoms with Crippen LogP contribution in [0.5, 0.6) is 0 Å². The Bertz CT molecular complexity index is 4360. The average Bonchev–Trinajstić information content (AvgIpc) is 4.36. The van der Waals surface area contributed by atoms with Crippen LogP contribution in [0, 0.1) is 0 Å². The molecular weight excluding hydrogens is 983 g/mol. The number of para-hydroxylation sites is 7. The van der Waals surface area contributed by atoms with Gasteiger partial charge in [0, 0.05) is 50.7 Å². The second-order valence-electron chi connectivity index (χ2n) is 19.7. The molecule has 0 bridgehead atoms. The number of aromatic nitrogens is 5. The van der Waals surface area contributed by atoms with E-state index < -0.39 is 0 Å². The van der Waals surface area contributed by atoms with Crippen LogP contribution in [-0.2, 0) is 0 Å². The van der Waals surface area contributed by atoms with Crippen LogP contribution in [0.4, 0.5) is 68.2 Å². The molecule has 0 aliphatic carbocycles. The molecule has 2 aliphatic rings. The first kappa shape index (κ1) is 46.2. The third kappa shape index (κ3) is 7.97. The van der Waals surface area contributed by atoms with E-state index in [9.17, 15) is 0 Å². The number of anilines is 12. The predicted octanol–water partition coefficient (Wildman–Crippen LogP) is 18.5. The lowest BCUT2D eigenvalue weighted by Gasteiger charge is -2.41. The smallest absolute Gasteiger partial charge is 0.248 e. The summed E-state index contributed by atoms with van der Waals surface area (Å²) in [5.41, 5.74) is 19.4. The van der Waals surface area contributed by atoms with Crippen molar-refractivity contribution in [1.82, 2.24) is 25.0 Å². The van der Waals surface area contributed by atoms with Crippen LogP contribution in [0.15, 0.2) is 290 Å². The van der Waals surface area contributed by atoms with Crippen molar-refractivity contribution < 1.29 is 4.42 Å². The van der Waals surface area contributed by atoms with Crippen LogP contribution in [0.1, 0.15) is 0 Å². The molecule has 0 spiro atoms. The SMILES string of the molecule is c1ccc(-c2nnc(-c3ccc(N4c5ccccc5N(c5ccccc5)c5cc(-c6ccc7c(c6)N(c6ccccc6)c6ccccc6N7c6ccc(-c7nnc(-c8ccccc8)n7-c7ccccc7)cc6)ccc54)cc3)o2)cc1. The number of nitrogens with zero attached hydrogens (tertiary/aromatic N) is 9. The van der Waals surface area contributed by atoms with Crippen molar-refractivity contribution in [1.29, 1.82) is 0 Å². The Morgan fingerprint density at radius 2 is 0.500 bits per heavy atom. The Morgan fingerprint density at radius 3 is 0.925 bits per heavy atom. The van der Waals surface area contributed by atoms with Gasteiger partial charge >= 0.3 is 0 Å². The third-order valence-electron chi connectivity index (χ3n) is 14.9. The fourth-order valence-corrected chi connectivity index (χ4v) is 11.2. The minimum atomic E-state index is 0.466. The fourth-order valence-electron chi connectivity index (χ4n) is 11.2. The van der Waals surface area contributed by atoms with Crippen molar-refractivity contribution in [3.63, 3.8) is 0 Å². The van der Waals surface area contributed by atoms with Gasteiger partial charge in [-0.15, -0.1) is 20.4 Å². The highest BCUT2D eigenvalue weighted by atomic mass is 16.4. The van der Waals surface area contributed by atoms with E-state index in [-0.39, 0.29) is 0 Å². The lowest BCUT2D eigenvalue weighted by molar-refractivity contribution is 0.584. The molecule has 10 nitrogen and oxygen atoms in total. The van der Waals surface area contributed by atoms with E-state index in [1.807, 2.05) is 66.7 Å². The number of fused-ring (bicyclic) bond motifs is 4. The van der Waals surface area contributed by atoms with Gasteiger partial charge in [-0.25, -0.2) is 0 Å². The minimum Gasteiger partial charge on any atom is -0.416 e. The molecule has 2 aromatic heterocycles. The van der Waals surface area contributed by atoms with Gasteiger partial charge in [-0.2, -0.15) is 0 Å². The second-order valence-corrected chi connectivity index (χ2v) is 19.7. The molecule has 10 heteroatoms. The van der Waals surface area contributed by atoms with E-state index in [2.05, 4.69) is 253 Å². The predicted molar refractivity (Wildman–Crippen MR) is 322 cm³/mol. The summed E-state index contributed by atoms with van der Waals surface area (Å²) in [6, 6.07) is 99.8. The highest BCUT2D eigenvalue weighted by molar-refractivity contribution is 6.05. The zero-order valence-electron chi connectivity index (χ0n) is 43.1. The van der Waals surface area contributed by atoms with E-state index in [1.54, 1.807) is 0 Å². The molecule has 0 atom stereocenters. The molecule has 378 valence electrons. The van der Waals surface area contributed by atoms with Gasteiger partial charge in [0.2, 0.25) is 11.8 Å². The van der Waals surface area contributed by atoms with E-state index in [1.165, 1.54) is 0 Å². The van der Waals surface area contributed by atoms with Crippen molar-refractivity contribution in [3.05, 3.63) is 285 Å². The van der Waals surface area contributed by atoms with Crippen molar-refractivity contribution in [2.45, 2.75) is 0 Å². The molecule has 0 radical (unpaired) electrons. The molecule has 0 amide bonds. The van der Waals surface area contributed by atoms with Crippen LogP contribution in [0.25, 0.3) is 62.5 Å². The minimum absolute atomic E-state index is 0.466. The van der Waals surface area contributed by atoms with Gasteiger partial charge < -0.3 is 24.0 Å². The molecule has 2 aliphatic heterocycles. The first-order valence-electron chi connectivity index (χ1n) is 26.6. The van der Waals surface area contributed by atoms with Crippen molar-refractivity contribution in [3.8, 4) is 62.5 Å². The van der Waals surface area contributed by atoms with Gasteiger partial charge in [-0.1, -0.05) is 140 Å². The first-order chi connectivity index (χ1) is 39.7. The van der Waals surface area contributed by atoms with E-state index in [4.69, 9.17) is 14.6 Å². The van der Waals surface area contributed by atoms with Crippen molar-refractivity contribution >= 4 is 68.2 Å². The summed E-state index contributed by atoms with van der Waals surface area (Å²) in [6.45, 7) is 0. The largest absolute Gasteiger partial charge is 0.416 e. The Hall–Kier alpha value is -11.1. The number of rotatable bonds is 10. The number of hydrogen-bond donors (Lipinski definition) is 0. The Labute approximate surface area is 462 Å². The second kappa shape index (κ2) is 19.5. The third-order valence-corrected chi connectivity index (χ3v) is 14.9. The Morgan fingerprint density at radius 1 is 0.212 bits per heavy atom. The van der Waals surface area contributed by atoms with Gasteiger partial charge in [0.25, 0.3) is 0 Å². The summed E-state index contributed by atoms with van der Waals surface area (Å²) in [7, 11) is 0. The quantitative estimate of drug-likeness (QED) is 0.133. The van der Waals surface area contributed by atoms with Gasteiger partial charge in [0.05, 0.1) is 45.5 Å². The van der Waals surface area contributed by atoms with Crippen LogP contribution in [0.2, 0.25) is 0 Å². The molecule has 0 saturated carbocycles. The van der Waals surface area contributed by atoms with Gasteiger partial charge in [-0.05, 0) is 157 Å². The molecule has 0 unspecified atom stereocenters. The zero-order chi connectivity index (χ0) is 52.9. The maximum absolute atomic E-state index is 6.18. The molecule has 11 aromatic carbocycles. The number of benzene rings is 11. The van der Waals surface area contributed by atoms with Crippen LogP contribution in [-0.4, -0.2) is 25.0 Å². The standard InChI is InChI=1S/C70H47N9O/c1-6-20-48(21-7-1)67-71-72-68(79(67)56-28-14-5-15-29-56)49-34-40-57(41-35-49)75-59-30-16-18-32-61(59)77(54-24-10-3-11-25-54)65-46-52(38-44-63(65)75)53-39-45-64-66(47-53)78(55-26-12-4-13-27-55)62-33-19-17-31-60(62)76(64)58-42-36-51(37-43-58)70-74-73-69(80-70)50-22-8-2-9-23-50/h1-47H. The topological polar surface area (TPSA) is 82.6 Å². The van der Waals surface area contributed by atoms with Crippen LogP contribution < -0.4 is 19.6 Å². The van der Waals surface area contributed by atoms with Gasteiger partial charge in [0.15, 0.2) is 11.6 Å². The summed E-state index contributed by atoms with van der Waals surface area (Å²) < 4.78 is 8.32. The molecule has 13 aromatic rings. The van der Waals surface area contributed by atoms with E-state index >= 15 is 0 Å². The van der Waals surface area contributed by atoms with E-state index in [0.29, 0.717) is 11.8 Å². The highest BCUT2D eigenvalue weighted by Crippen LogP contribution is 2.57. The summed E-state index contributed by atoms with van der Waals surface area (Å²) in [5, 5.41) is 18.4. The molecule has 0 fully saturated rings. The summed E-state index contributed by atoms with van der Waals surface area (Å²) in [6.07, 6.45) is 0. The van der Waals surface area contributed by atoms with Crippen LogP contribution >= 0.6 is 0 Å². The van der Waals surface area contributed by atoms with Crippen LogP contribution in [0.3, 0.4) is 0 Å². The molecule has 4 heterocycles. The maximum atomic E-state index is 6.18. The molecule has 15 rings (SSSR count). The fraction of sp³-hybridized carbons (Fsp3) is 0. The first-order valence-corrected chi connectivity index (χ1v) is 26.6. The van der Waals surface area contributed by atoms with Gasteiger partial charge in [-0.3, -0.25) is 4.57 Å². The zero-order valence-corrected chi connectivity index (χ0v) is 43.1. The molecule has 80 heavy (non-hydrogen) atoms. The summed E-state index contributed by atoms with van der Waals surface area (Å²) >= 11 is 0. The normalized spacial score (nSPS) is 12.4. The lowest BCUT2D eigenvalue weighted by Crippen LogP contribution is -2.24. The van der Waals surface area contributed by atoms with Gasteiger partial charge in [0.1, 0.15) is 0 Å². The Balaban J connectivity index is 0.841. The lowest BCUT2D eigenvalue weighted by atomic mass is 9.97. The van der Waals surface area contributed by atoms with Crippen molar-refractivity contribution in [2.75, 3.05) is 19.6 Å².